The highest BCUT2D eigenvalue weighted by molar-refractivity contribution is 5.69. The van der Waals surface area contributed by atoms with Gasteiger partial charge in [-0.1, -0.05) is 32.1 Å². The molecule has 0 aliphatic heterocycles. The second-order valence-electron chi connectivity index (χ2n) is 8.20. The lowest BCUT2D eigenvalue weighted by atomic mass is 9.71. The number of aliphatic hydroxyl groups is 2. The number of carboxylic acid groups (broad SMARTS) is 1. The summed E-state index contributed by atoms with van der Waals surface area (Å²) in [6, 6.07) is 0. The number of quaternary nitrogens is 1. The van der Waals surface area contributed by atoms with E-state index in [-0.39, 0.29) is 22.9 Å². The van der Waals surface area contributed by atoms with Gasteiger partial charge in [-0.3, -0.25) is 0 Å². The average Bonchev–Trinajstić information content (AvgIpc) is 3.03. The van der Waals surface area contributed by atoms with E-state index in [0.717, 1.165) is 62.6 Å². The standard InChI is InChI=1S/C13H22O3.C7H18NO.BrH/c14-12(15)11(10-6-2-1-3-7-10)13(16)8-4-5-9-13;1-4-8(3,5-2)6-7-9;/h10-11,16H,1-9H2,(H,14,15);9H,4-7H2,1-3H3;1H/q;+1;/p-2. The molecule has 0 aromatic heterocycles. The number of nitrogens with zero attached hydrogens (tertiary/aromatic N) is 1. The summed E-state index contributed by atoms with van der Waals surface area (Å²) in [5, 5.41) is 30.4. The number of rotatable bonds is 7. The van der Waals surface area contributed by atoms with Crippen molar-refractivity contribution in [3.63, 3.8) is 0 Å². The molecule has 0 heterocycles. The molecule has 2 fully saturated rings. The van der Waals surface area contributed by atoms with E-state index in [2.05, 4.69) is 20.9 Å². The first kappa shape index (κ1) is 25.8. The van der Waals surface area contributed by atoms with Crippen LogP contribution < -0.4 is 22.1 Å². The van der Waals surface area contributed by atoms with Gasteiger partial charge in [-0.05, 0) is 45.4 Å². The van der Waals surface area contributed by atoms with Crippen molar-refractivity contribution >= 4 is 5.97 Å². The molecule has 1 atom stereocenters. The van der Waals surface area contributed by atoms with Gasteiger partial charge in [0, 0.05) is 11.9 Å². The second-order valence-corrected chi connectivity index (χ2v) is 8.20. The van der Waals surface area contributed by atoms with Crippen molar-refractivity contribution in [2.45, 2.75) is 77.2 Å². The third kappa shape index (κ3) is 7.45. The van der Waals surface area contributed by atoms with Gasteiger partial charge in [-0.2, -0.15) is 0 Å². The van der Waals surface area contributed by atoms with Crippen LogP contribution in [-0.4, -0.2) is 59.6 Å². The maximum absolute atomic E-state index is 11.3. The van der Waals surface area contributed by atoms with Crippen molar-refractivity contribution in [1.82, 2.24) is 0 Å². The number of halogens is 1. The summed E-state index contributed by atoms with van der Waals surface area (Å²) in [6.07, 6.45) is 8.48. The molecule has 6 heteroatoms. The van der Waals surface area contributed by atoms with Crippen LogP contribution in [0.5, 0.6) is 0 Å². The zero-order chi connectivity index (χ0) is 18.9. The second kappa shape index (κ2) is 12.3. The Morgan fingerprint density at radius 2 is 1.62 bits per heavy atom. The largest absolute Gasteiger partial charge is 1.00 e. The summed E-state index contributed by atoms with van der Waals surface area (Å²) in [6.45, 7) is 7.71. The molecule has 5 nitrogen and oxygen atoms in total. The number of aliphatic carboxylic acids is 1. The Bertz CT molecular complexity index is 389. The fourth-order valence-electron chi connectivity index (χ4n) is 4.40. The summed E-state index contributed by atoms with van der Waals surface area (Å²) >= 11 is 0. The molecule has 2 saturated carbocycles. The van der Waals surface area contributed by atoms with Crippen LogP contribution in [0.1, 0.15) is 71.6 Å². The van der Waals surface area contributed by atoms with E-state index in [4.69, 9.17) is 5.11 Å². The highest BCUT2D eigenvalue weighted by Gasteiger charge is 2.44. The Labute approximate surface area is 170 Å². The van der Waals surface area contributed by atoms with Crippen LogP contribution in [0, 0.1) is 11.8 Å². The number of carbonyl (C=O) groups excluding carboxylic acids is 1. The topological polar surface area (TPSA) is 80.6 Å². The molecule has 2 aliphatic rings. The van der Waals surface area contributed by atoms with E-state index >= 15 is 0 Å². The van der Waals surface area contributed by atoms with Gasteiger partial charge in [0.15, 0.2) is 0 Å². The fourth-order valence-corrected chi connectivity index (χ4v) is 4.40. The van der Waals surface area contributed by atoms with Crippen LogP contribution in [0.4, 0.5) is 0 Å². The van der Waals surface area contributed by atoms with Crippen LogP contribution in [0.25, 0.3) is 0 Å². The molecule has 26 heavy (non-hydrogen) atoms. The molecule has 2 rings (SSSR count). The summed E-state index contributed by atoms with van der Waals surface area (Å²) in [4.78, 5) is 11.3. The normalized spacial score (nSPS) is 21.3. The average molecular weight is 437 g/mol. The van der Waals surface area contributed by atoms with Crippen molar-refractivity contribution in [2.75, 3.05) is 33.3 Å². The van der Waals surface area contributed by atoms with E-state index in [1.54, 1.807) is 0 Å². The number of carbonyl (C=O) groups is 1. The Balaban J connectivity index is 0.000000543. The molecular weight excluding hydrogens is 398 g/mol. The van der Waals surface area contributed by atoms with E-state index in [1.165, 1.54) is 6.42 Å². The first-order valence-electron chi connectivity index (χ1n) is 10.2. The van der Waals surface area contributed by atoms with E-state index < -0.39 is 17.5 Å². The Morgan fingerprint density at radius 1 is 1.12 bits per heavy atom. The maximum Gasteiger partial charge on any atom is 0.102 e. The SMILES string of the molecule is CC[N+](C)(CC)CCO.O=C([O-])C(C1CCCCC1)C1(O)CCCC1.[Br-]. The summed E-state index contributed by atoms with van der Waals surface area (Å²) in [5.41, 5.74) is -0.971. The quantitative estimate of drug-likeness (QED) is 0.486. The van der Waals surface area contributed by atoms with Crippen LogP contribution in [-0.2, 0) is 4.79 Å². The van der Waals surface area contributed by atoms with Gasteiger partial charge in [-0.15, -0.1) is 0 Å². The molecular formula is C20H39BrNO4-. The lowest BCUT2D eigenvalue weighted by Gasteiger charge is -2.40. The van der Waals surface area contributed by atoms with Crippen LogP contribution in [0.15, 0.2) is 0 Å². The van der Waals surface area contributed by atoms with E-state index in [9.17, 15) is 15.0 Å². The molecule has 0 aromatic rings. The number of aliphatic hydroxyl groups excluding tert-OH is 1. The highest BCUT2D eigenvalue weighted by atomic mass is 79.9. The predicted molar refractivity (Wildman–Crippen MR) is 97.7 cm³/mol. The molecule has 2 aliphatic carbocycles. The summed E-state index contributed by atoms with van der Waals surface area (Å²) < 4.78 is 0.983. The molecule has 2 N–H and O–H groups in total. The fraction of sp³-hybridized carbons (Fsp3) is 0.950. The predicted octanol–water partition coefficient (Wildman–Crippen LogP) is -1.29. The lowest BCUT2D eigenvalue weighted by molar-refractivity contribution is -0.906. The van der Waals surface area contributed by atoms with Gasteiger partial charge >= 0.3 is 0 Å². The minimum Gasteiger partial charge on any atom is -1.00 e. The lowest BCUT2D eigenvalue weighted by Crippen LogP contribution is -3.00. The van der Waals surface area contributed by atoms with Gasteiger partial charge in [0.25, 0.3) is 0 Å². The van der Waals surface area contributed by atoms with Gasteiger partial charge in [0.05, 0.1) is 32.3 Å². The Hall–Kier alpha value is -0.170. The van der Waals surface area contributed by atoms with Crippen molar-refractivity contribution < 1.29 is 41.6 Å². The molecule has 156 valence electrons. The van der Waals surface area contributed by atoms with Crippen LogP contribution in [0.3, 0.4) is 0 Å². The van der Waals surface area contributed by atoms with E-state index in [0.29, 0.717) is 19.4 Å². The number of hydrogen-bond acceptors (Lipinski definition) is 4. The molecule has 0 aromatic carbocycles. The minimum atomic E-state index is -1.03. The third-order valence-corrected chi connectivity index (χ3v) is 6.59. The maximum atomic E-state index is 11.3. The molecule has 0 amide bonds. The van der Waals surface area contributed by atoms with E-state index in [1.807, 2.05) is 0 Å². The Morgan fingerprint density at radius 3 is 1.96 bits per heavy atom. The zero-order valence-electron chi connectivity index (χ0n) is 16.9. The van der Waals surface area contributed by atoms with Crippen molar-refractivity contribution in [3.05, 3.63) is 0 Å². The van der Waals surface area contributed by atoms with Crippen molar-refractivity contribution in [3.8, 4) is 0 Å². The zero-order valence-corrected chi connectivity index (χ0v) is 18.5. The van der Waals surface area contributed by atoms with Gasteiger partial charge < -0.3 is 41.6 Å². The number of hydrogen-bond donors (Lipinski definition) is 2. The molecule has 0 saturated heterocycles. The van der Waals surface area contributed by atoms with Gasteiger partial charge in [0.1, 0.15) is 6.54 Å². The van der Waals surface area contributed by atoms with Gasteiger partial charge in [0.2, 0.25) is 0 Å². The Kier molecular flexibility index (Phi) is 12.2. The first-order valence-corrected chi connectivity index (χ1v) is 10.2. The number of carboxylic acids is 1. The molecule has 0 bridgehead atoms. The minimum absolute atomic E-state index is 0. The molecule has 1 unspecified atom stereocenters. The smallest absolute Gasteiger partial charge is 0.102 e. The molecule has 0 spiro atoms. The van der Waals surface area contributed by atoms with Crippen LogP contribution >= 0.6 is 0 Å². The third-order valence-electron chi connectivity index (χ3n) is 6.59. The van der Waals surface area contributed by atoms with Crippen molar-refractivity contribution in [1.29, 1.82) is 0 Å². The first-order chi connectivity index (χ1) is 11.8. The summed E-state index contributed by atoms with van der Waals surface area (Å²) in [5.74, 6) is -1.52. The van der Waals surface area contributed by atoms with Crippen molar-refractivity contribution in [2.24, 2.45) is 11.8 Å². The highest BCUT2D eigenvalue weighted by Crippen LogP contribution is 2.43. The monoisotopic (exact) mass is 436 g/mol. The molecule has 0 radical (unpaired) electrons. The van der Waals surface area contributed by atoms with Crippen LogP contribution in [0.2, 0.25) is 0 Å². The number of likely N-dealkylation sites (N-methyl/N-ethyl adjacent to an activating group) is 1. The van der Waals surface area contributed by atoms with Gasteiger partial charge in [-0.25, -0.2) is 0 Å². The summed E-state index contributed by atoms with van der Waals surface area (Å²) in [7, 11) is 2.16.